The van der Waals surface area contributed by atoms with Crippen LogP contribution in [0.15, 0.2) is 42.5 Å². The Bertz CT molecular complexity index is 919. The predicted octanol–water partition coefficient (Wildman–Crippen LogP) is 5.11. The number of ketones is 1. The van der Waals surface area contributed by atoms with Crippen LogP contribution in [0, 0.1) is 0 Å². The molecular formula is C19H17ClN2O2S. The molecule has 3 rings (SSSR count). The third-order valence-corrected chi connectivity index (χ3v) is 5.04. The normalized spacial score (nSPS) is 10.8. The fraction of sp³-hybridized carbons (Fsp3) is 0.211. The second-order valence-electron chi connectivity index (χ2n) is 5.65. The van der Waals surface area contributed by atoms with Gasteiger partial charge in [0.2, 0.25) is 5.91 Å². The molecule has 0 atom stereocenters. The Labute approximate surface area is 154 Å². The Morgan fingerprint density at radius 3 is 2.60 bits per heavy atom. The molecule has 6 heteroatoms. The molecule has 0 saturated heterocycles. The van der Waals surface area contributed by atoms with E-state index in [-0.39, 0.29) is 24.5 Å². The van der Waals surface area contributed by atoms with E-state index in [1.54, 1.807) is 24.3 Å². The number of nitrogens with one attached hydrogen (secondary N) is 1. The summed E-state index contributed by atoms with van der Waals surface area (Å²) in [5, 5.41) is 3.92. The van der Waals surface area contributed by atoms with E-state index in [0.717, 1.165) is 16.6 Å². The van der Waals surface area contributed by atoms with E-state index in [4.69, 9.17) is 11.6 Å². The maximum absolute atomic E-state index is 12.1. The Balaban J connectivity index is 1.58. The predicted molar refractivity (Wildman–Crippen MR) is 103 cm³/mol. The van der Waals surface area contributed by atoms with Crippen LogP contribution in [0.25, 0.3) is 10.2 Å². The molecular weight excluding hydrogens is 356 g/mol. The minimum atomic E-state index is -0.211. The number of carbonyl (C=O) groups is 2. The summed E-state index contributed by atoms with van der Waals surface area (Å²) >= 11 is 7.25. The number of hydrogen-bond donors (Lipinski definition) is 1. The van der Waals surface area contributed by atoms with E-state index in [2.05, 4.69) is 23.3 Å². The number of Topliss-reactive ketones (excluding diaryl/α,β-unsaturated/α-hetero) is 1. The smallest absolute Gasteiger partial charge is 0.226 e. The molecule has 0 aliphatic rings. The Morgan fingerprint density at radius 2 is 1.88 bits per heavy atom. The third-order valence-electron chi connectivity index (χ3n) is 3.85. The highest BCUT2D eigenvalue weighted by Gasteiger charge is 2.12. The van der Waals surface area contributed by atoms with Crippen molar-refractivity contribution in [1.29, 1.82) is 0 Å². The molecule has 3 aromatic rings. The summed E-state index contributed by atoms with van der Waals surface area (Å²) in [5.41, 5.74) is 2.67. The molecule has 1 amide bonds. The van der Waals surface area contributed by atoms with Gasteiger partial charge in [-0.15, -0.1) is 0 Å². The van der Waals surface area contributed by atoms with Gasteiger partial charge in [0.05, 0.1) is 10.2 Å². The number of fused-ring (bicyclic) bond motifs is 1. The lowest BCUT2D eigenvalue weighted by Crippen LogP contribution is -2.13. The number of halogens is 1. The quantitative estimate of drug-likeness (QED) is 0.611. The van der Waals surface area contributed by atoms with E-state index in [9.17, 15) is 9.59 Å². The number of benzene rings is 2. The highest BCUT2D eigenvalue weighted by Crippen LogP contribution is 2.27. The number of aryl methyl sites for hydroxylation is 1. The summed E-state index contributed by atoms with van der Waals surface area (Å²) in [6, 6.07) is 12.8. The van der Waals surface area contributed by atoms with Crippen molar-refractivity contribution >= 4 is 50.0 Å². The molecule has 1 N–H and O–H groups in total. The van der Waals surface area contributed by atoms with E-state index >= 15 is 0 Å². The number of hydrogen-bond acceptors (Lipinski definition) is 4. The summed E-state index contributed by atoms with van der Waals surface area (Å²) in [6.07, 6.45) is 1.23. The summed E-state index contributed by atoms with van der Waals surface area (Å²) in [7, 11) is 0. The highest BCUT2D eigenvalue weighted by molar-refractivity contribution is 7.22. The van der Waals surface area contributed by atoms with Crippen molar-refractivity contribution in [3.05, 3.63) is 58.6 Å². The molecule has 0 radical (unpaired) electrons. The van der Waals surface area contributed by atoms with Crippen LogP contribution >= 0.6 is 22.9 Å². The van der Waals surface area contributed by atoms with Crippen LogP contribution in [0.2, 0.25) is 5.02 Å². The lowest BCUT2D eigenvalue weighted by molar-refractivity contribution is -0.116. The van der Waals surface area contributed by atoms with E-state index in [1.165, 1.54) is 16.9 Å². The van der Waals surface area contributed by atoms with Gasteiger partial charge in [-0.3, -0.25) is 9.59 Å². The van der Waals surface area contributed by atoms with Gasteiger partial charge in [-0.25, -0.2) is 4.98 Å². The summed E-state index contributed by atoms with van der Waals surface area (Å²) < 4.78 is 1.05. The number of amides is 1. The molecule has 25 heavy (non-hydrogen) atoms. The average molecular weight is 373 g/mol. The highest BCUT2D eigenvalue weighted by atomic mass is 35.5. The van der Waals surface area contributed by atoms with Crippen molar-refractivity contribution < 1.29 is 9.59 Å². The van der Waals surface area contributed by atoms with Gasteiger partial charge < -0.3 is 5.32 Å². The van der Waals surface area contributed by atoms with Crippen LogP contribution in [0.5, 0.6) is 0 Å². The van der Waals surface area contributed by atoms with Gasteiger partial charge in [0.15, 0.2) is 10.9 Å². The molecule has 2 aromatic carbocycles. The summed E-state index contributed by atoms with van der Waals surface area (Å²) in [5.74, 6) is -0.291. The minimum Gasteiger partial charge on any atom is -0.302 e. The SMILES string of the molecule is CCc1ccc2nc(NC(=O)CCC(=O)c3ccc(Cl)cc3)sc2c1. The molecule has 0 unspecified atom stereocenters. The molecule has 0 aliphatic heterocycles. The largest absolute Gasteiger partial charge is 0.302 e. The van der Waals surface area contributed by atoms with E-state index in [1.807, 2.05) is 12.1 Å². The Morgan fingerprint density at radius 1 is 1.12 bits per heavy atom. The summed E-state index contributed by atoms with van der Waals surface area (Å²) in [6.45, 7) is 2.10. The van der Waals surface area contributed by atoms with Crippen molar-refractivity contribution in [2.75, 3.05) is 5.32 Å². The maximum Gasteiger partial charge on any atom is 0.226 e. The first-order valence-electron chi connectivity index (χ1n) is 8.03. The molecule has 0 saturated carbocycles. The van der Waals surface area contributed by atoms with Crippen LogP contribution in [0.3, 0.4) is 0 Å². The maximum atomic E-state index is 12.1. The average Bonchev–Trinajstić information content (AvgIpc) is 3.01. The molecule has 128 valence electrons. The van der Waals surface area contributed by atoms with Crippen LogP contribution in [0.1, 0.15) is 35.7 Å². The zero-order chi connectivity index (χ0) is 17.8. The first-order valence-corrected chi connectivity index (χ1v) is 9.22. The lowest BCUT2D eigenvalue weighted by atomic mass is 10.1. The monoisotopic (exact) mass is 372 g/mol. The summed E-state index contributed by atoms with van der Waals surface area (Å²) in [4.78, 5) is 28.6. The molecule has 4 nitrogen and oxygen atoms in total. The zero-order valence-electron chi connectivity index (χ0n) is 13.7. The third kappa shape index (κ3) is 4.44. The lowest BCUT2D eigenvalue weighted by Gasteiger charge is -2.02. The van der Waals surface area contributed by atoms with Gasteiger partial charge in [0.25, 0.3) is 0 Å². The van der Waals surface area contributed by atoms with Crippen molar-refractivity contribution in [1.82, 2.24) is 4.98 Å². The van der Waals surface area contributed by atoms with Crippen LogP contribution in [-0.4, -0.2) is 16.7 Å². The van der Waals surface area contributed by atoms with Gasteiger partial charge in [-0.05, 0) is 48.4 Å². The van der Waals surface area contributed by atoms with Gasteiger partial charge in [-0.2, -0.15) is 0 Å². The van der Waals surface area contributed by atoms with E-state index in [0.29, 0.717) is 15.7 Å². The topological polar surface area (TPSA) is 59.1 Å². The molecule has 1 aromatic heterocycles. The molecule has 0 bridgehead atoms. The number of rotatable bonds is 6. The van der Waals surface area contributed by atoms with E-state index < -0.39 is 0 Å². The zero-order valence-corrected chi connectivity index (χ0v) is 15.3. The standard InChI is InChI=1S/C19H17ClN2O2S/c1-2-12-3-8-15-17(11-12)25-19(21-15)22-18(24)10-9-16(23)13-4-6-14(20)7-5-13/h3-8,11H,2,9-10H2,1H3,(H,21,22,24). The van der Waals surface area contributed by atoms with Crippen molar-refractivity contribution in [2.45, 2.75) is 26.2 Å². The number of carbonyl (C=O) groups excluding carboxylic acids is 2. The van der Waals surface area contributed by atoms with Crippen LogP contribution in [0.4, 0.5) is 5.13 Å². The fourth-order valence-electron chi connectivity index (χ4n) is 2.43. The second kappa shape index (κ2) is 7.76. The molecule has 0 spiro atoms. The Kier molecular flexibility index (Phi) is 5.46. The van der Waals surface area contributed by atoms with Crippen molar-refractivity contribution in [2.24, 2.45) is 0 Å². The molecule has 0 aliphatic carbocycles. The number of anilines is 1. The van der Waals surface area contributed by atoms with Crippen molar-refractivity contribution in [3.63, 3.8) is 0 Å². The molecule has 1 heterocycles. The van der Waals surface area contributed by atoms with Crippen LogP contribution in [-0.2, 0) is 11.2 Å². The number of nitrogens with zero attached hydrogens (tertiary/aromatic N) is 1. The molecule has 0 fully saturated rings. The number of aromatic nitrogens is 1. The minimum absolute atomic E-state index is 0.0799. The van der Waals surface area contributed by atoms with Crippen LogP contribution < -0.4 is 5.32 Å². The van der Waals surface area contributed by atoms with Crippen molar-refractivity contribution in [3.8, 4) is 0 Å². The van der Waals surface area contributed by atoms with Gasteiger partial charge in [0, 0.05) is 23.4 Å². The van der Waals surface area contributed by atoms with Gasteiger partial charge >= 0.3 is 0 Å². The fourth-order valence-corrected chi connectivity index (χ4v) is 3.50. The van der Waals surface area contributed by atoms with Gasteiger partial charge in [-0.1, -0.05) is 35.9 Å². The second-order valence-corrected chi connectivity index (χ2v) is 7.12. The first-order chi connectivity index (χ1) is 12.0. The Hall–Kier alpha value is -2.24. The van der Waals surface area contributed by atoms with Gasteiger partial charge in [0.1, 0.15) is 0 Å². The first kappa shape index (κ1) is 17.6. The number of thiazole rings is 1.